The van der Waals surface area contributed by atoms with Crippen molar-refractivity contribution >= 4 is 17.7 Å². The number of hydrogen-bond acceptors (Lipinski definition) is 7. The van der Waals surface area contributed by atoms with E-state index >= 15 is 0 Å². The van der Waals surface area contributed by atoms with Crippen molar-refractivity contribution in [2.75, 3.05) is 31.6 Å². The van der Waals surface area contributed by atoms with Crippen LogP contribution >= 0.6 is 0 Å². The number of nitrogens with one attached hydrogen (secondary N) is 2. The van der Waals surface area contributed by atoms with Crippen LogP contribution in [0.25, 0.3) is 5.69 Å². The summed E-state index contributed by atoms with van der Waals surface area (Å²) in [4.78, 5) is 19.7. The summed E-state index contributed by atoms with van der Waals surface area (Å²) in [6.45, 7) is 15.4. The lowest BCUT2D eigenvalue weighted by atomic mass is 9.87. The first-order valence-electron chi connectivity index (χ1n) is 14.2. The Balaban J connectivity index is 1.48. The zero-order chi connectivity index (χ0) is 30.1. The van der Waals surface area contributed by atoms with Crippen LogP contribution in [0.15, 0.2) is 84.3 Å². The zero-order valence-corrected chi connectivity index (χ0v) is 24.9. The highest BCUT2D eigenvalue weighted by molar-refractivity contribution is 5.90. The lowest BCUT2D eigenvalue weighted by Crippen LogP contribution is -2.35. The Labute approximate surface area is 247 Å². The molecule has 1 saturated heterocycles. The minimum absolute atomic E-state index is 0.149. The molecule has 0 spiro atoms. The molecule has 1 fully saturated rings. The van der Waals surface area contributed by atoms with E-state index in [2.05, 4.69) is 43.0 Å². The van der Waals surface area contributed by atoms with E-state index in [0.29, 0.717) is 49.6 Å². The van der Waals surface area contributed by atoms with E-state index < -0.39 is 0 Å². The topological polar surface area (TPSA) is 119 Å². The average molecular weight is 572 g/mol. The molecule has 0 atom stereocenters. The highest BCUT2D eigenvalue weighted by Crippen LogP contribution is 2.29. The van der Waals surface area contributed by atoms with E-state index in [1.807, 2.05) is 66.4 Å². The van der Waals surface area contributed by atoms with E-state index in [4.69, 9.17) is 20.3 Å². The second-order valence-electron chi connectivity index (χ2n) is 10.7. The number of para-hydroxylation sites is 1. The van der Waals surface area contributed by atoms with Crippen LogP contribution in [0.3, 0.4) is 0 Å². The van der Waals surface area contributed by atoms with Crippen molar-refractivity contribution in [3.05, 3.63) is 96.1 Å². The quantitative estimate of drug-likeness (QED) is 0.226. The first-order chi connectivity index (χ1) is 20.2. The Kier molecular flexibility index (Phi) is 10.0. The van der Waals surface area contributed by atoms with Crippen molar-refractivity contribution in [3.63, 3.8) is 0 Å². The summed E-state index contributed by atoms with van der Waals surface area (Å²) in [5.41, 5.74) is 9.20. The molecule has 42 heavy (non-hydrogen) atoms. The van der Waals surface area contributed by atoms with Gasteiger partial charge in [0.15, 0.2) is 0 Å². The molecule has 4 N–H and O–H groups in total. The Hall–Kier alpha value is -4.57. The molecule has 222 valence electrons. The van der Waals surface area contributed by atoms with Crippen LogP contribution in [-0.4, -0.2) is 52.9 Å². The summed E-state index contributed by atoms with van der Waals surface area (Å²) >= 11 is 0. The average Bonchev–Trinajstić information content (AvgIpc) is 3.42. The van der Waals surface area contributed by atoms with E-state index in [1.54, 1.807) is 10.8 Å². The van der Waals surface area contributed by atoms with Gasteiger partial charge in [-0.15, -0.1) is 0 Å². The monoisotopic (exact) mass is 571 g/mol. The smallest absolute Gasteiger partial charge is 0.320 e. The van der Waals surface area contributed by atoms with Crippen LogP contribution in [0.4, 0.5) is 10.6 Å². The van der Waals surface area contributed by atoms with Crippen molar-refractivity contribution < 1.29 is 14.3 Å². The largest absolute Gasteiger partial charge is 0.439 e. The Morgan fingerprint density at radius 2 is 1.90 bits per heavy atom. The van der Waals surface area contributed by atoms with Gasteiger partial charge in [-0.25, -0.2) is 9.48 Å². The minimum Gasteiger partial charge on any atom is -0.439 e. The zero-order valence-electron chi connectivity index (χ0n) is 24.9. The molecule has 1 aliphatic heterocycles. The molecule has 2 heterocycles. The molecule has 3 aromatic rings. The lowest BCUT2D eigenvalue weighted by molar-refractivity contribution is 0.0533. The summed E-state index contributed by atoms with van der Waals surface area (Å²) in [5.74, 6) is 1.99. The van der Waals surface area contributed by atoms with Gasteiger partial charge in [-0.3, -0.25) is 5.32 Å². The van der Waals surface area contributed by atoms with Crippen molar-refractivity contribution in [1.82, 2.24) is 20.0 Å². The third kappa shape index (κ3) is 7.79. The number of carbonyl (C=O) groups is 1. The second-order valence-corrected chi connectivity index (χ2v) is 10.7. The van der Waals surface area contributed by atoms with Gasteiger partial charge in [0.25, 0.3) is 0 Å². The molecule has 2 aromatic carbocycles. The number of rotatable bonds is 10. The van der Waals surface area contributed by atoms with Gasteiger partial charge < -0.3 is 25.4 Å². The molecule has 1 aliphatic rings. The summed E-state index contributed by atoms with van der Waals surface area (Å²) in [6, 6.07) is 17.0. The number of morpholine rings is 1. The number of aryl methyl sites for hydroxylation is 1. The third-order valence-electron chi connectivity index (χ3n) is 7.29. The molecule has 2 amide bonds. The van der Waals surface area contributed by atoms with Crippen LogP contribution < -0.4 is 21.1 Å². The Bertz CT molecular complexity index is 1430. The SMILES string of the molecule is C=C(/N=C(\C=C/N)Oc1ccccc1CNC(=O)Nc1cc(C(C)(C)CC)nn1-c1ccc(C)cc1)N1CCOCC1. The number of aromatic nitrogens is 2. The molecule has 10 heteroatoms. The number of amides is 2. The summed E-state index contributed by atoms with van der Waals surface area (Å²) in [5, 5.41) is 10.8. The van der Waals surface area contributed by atoms with Gasteiger partial charge >= 0.3 is 6.03 Å². The summed E-state index contributed by atoms with van der Waals surface area (Å²) < 4.78 is 13.3. The van der Waals surface area contributed by atoms with Crippen LogP contribution in [0.2, 0.25) is 0 Å². The number of aliphatic imine (C=N–C) groups is 1. The van der Waals surface area contributed by atoms with Crippen LogP contribution in [0, 0.1) is 6.92 Å². The van der Waals surface area contributed by atoms with Crippen molar-refractivity contribution in [3.8, 4) is 11.4 Å². The lowest BCUT2D eigenvalue weighted by Gasteiger charge is -2.28. The van der Waals surface area contributed by atoms with E-state index in [0.717, 1.165) is 28.9 Å². The van der Waals surface area contributed by atoms with Crippen molar-refractivity contribution in [2.45, 2.75) is 46.1 Å². The summed E-state index contributed by atoms with van der Waals surface area (Å²) in [7, 11) is 0. The third-order valence-corrected chi connectivity index (χ3v) is 7.29. The van der Waals surface area contributed by atoms with Gasteiger partial charge in [0.2, 0.25) is 5.90 Å². The van der Waals surface area contributed by atoms with Crippen LogP contribution in [0.5, 0.6) is 5.75 Å². The molecule has 0 saturated carbocycles. The van der Waals surface area contributed by atoms with E-state index in [-0.39, 0.29) is 18.0 Å². The Morgan fingerprint density at radius 3 is 2.60 bits per heavy atom. The maximum absolute atomic E-state index is 13.1. The molecule has 1 aromatic heterocycles. The number of nitrogens with two attached hydrogens (primary N) is 1. The fourth-order valence-corrected chi connectivity index (χ4v) is 4.26. The number of urea groups is 1. The van der Waals surface area contributed by atoms with Gasteiger partial charge in [-0.2, -0.15) is 10.1 Å². The molecule has 4 rings (SSSR count). The highest BCUT2D eigenvalue weighted by Gasteiger charge is 2.24. The maximum Gasteiger partial charge on any atom is 0.320 e. The van der Waals surface area contributed by atoms with E-state index in [9.17, 15) is 4.79 Å². The summed E-state index contributed by atoms with van der Waals surface area (Å²) in [6.07, 6.45) is 3.85. The predicted octanol–water partition coefficient (Wildman–Crippen LogP) is 5.24. The number of hydrogen-bond donors (Lipinski definition) is 3. The first kappa shape index (κ1) is 30.4. The Morgan fingerprint density at radius 1 is 1.19 bits per heavy atom. The number of nitrogens with zero attached hydrogens (tertiary/aromatic N) is 4. The molecule has 0 aliphatic carbocycles. The van der Waals surface area contributed by atoms with Gasteiger partial charge in [-0.05, 0) is 37.7 Å². The number of carbonyl (C=O) groups excluding carboxylic acids is 1. The maximum atomic E-state index is 13.1. The predicted molar refractivity (Wildman–Crippen MR) is 167 cm³/mol. The van der Waals surface area contributed by atoms with Crippen molar-refractivity contribution in [2.24, 2.45) is 10.7 Å². The number of ether oxygens (including phenoxy) is 2. The molecule has 10 nitrogen and oxygen atoms in total. The number of anilines is 1. The molecule has 0 unspecified atom stereocenters. The van der Waals surface area contributed by atoms with E-state index in [1.165, 1.54) is 6.20 Å². The van der Waals surface area contributed by atoms with Gasteiger partial charge in [-0.1, -0.05) is 63.2 Å². The molecule has 0 bridgehead atoms. The standard InChI is InChI=1S/C32H41N7O3/c1-6-32(4,5)28-21-29(39(37-28)26-13-11-23(2)12-14-26)36-31(40)34-22-25-9-7-8-10-27(25)42-30(15-16-33)35-24(3)38-17-19-41-20-18-38/h7-16,21H,3,6,17-20,22,33H2,1-2,4-5H3,(H2,34,36,40)/b16-15-,35-30+. The van der Waals surface area contributed by atoms with Gasteiger partial charge in [0.1, 0.15) is 17.4 Å². The van der Waals surface area contributed by atoms with Gasteiger partial charge in [0, 0.05) is 42.8 Å². The molecule has 0 radical (unpaired) electrons. The normalized spacial score (nSPS) is 14.2. The first-order valence-corrected chi connectivity index (χ1v) is 14.2. The number of benzene rings is 2. The van der Waals surface area contributed by atoms with Crippen molar-refractivity contribution in [1.29, 1.82) is 0 Å². The van der Waals surface area contributed by atoms with Gasteiger partial charge in [0.05, 0.1) is 24.6 Å². The highest BCUT2D eigenvalue weighted by atomic mass is 16.5. The fourth-order valence-electron chi connectivity index (χ4n) is 4.26. The fraction of sp³-hybridized carbons (Fsp3) is 0.344. The minimum atomic E-state index is -0.365. The molecular weight excluding hydrogens is 530 g/mol. The van der Waals surface area contributed by atoms with Crippen LogP contribution in [-0.2, 0) is 16.7 Å². The molecular formula is C32H41N7O3. The second kappa shape index (κ2) is 13.9. The van der Waals surface area contributed by atoms with Crippen LogP contribution in [0.1, 0.15) is 44.0 Å².